The summed E-state index contributed by atoms with van der Waals surface area (Å²) in [6, 6.07) is 8.95. The van der Waals surface area contributed by atoms with Gasteiger partial charge in [-0.15, -0.1) is 0 Å². The summed E-state index contributed by atoms with van der Waals surface area (Å²) < 4.78 is 7.00. The van der Waals surface area contributed by atoms with Crippen LogP contribution >= 0.6 is 23.4 Å². The lowest BCUT2D eigenvalue weighted by Crippen LogP contribution is -2.44. The number of thioether (sulfide) groups is 1. The van der Waals surface area contributed by atoms with Crippen LogP contribution in [-0.4, -0.2) is 38.7 Å². The van der Waals surface area contributed by atoms with E-state index in [1.54, 1.807) is 35.1 Å². The maximum atomic E-state index is 13.2. The fourth-order valence-corrected chi connectivity index (χ4v) is 5.00. The van der Waals surface area contributed by atoms with Gasteiger partial charge >= 0.3 is 0 Å². The number of piperidine rings is 1. The SMILES string of the molecule is CCC1CCCCN1C(=O)CSc1nc2cc(Cl)ccc2c(=O)n1Cc1ccco1. The van der Waals surface area contributed by atoms with E-state index in [2.05, 4.69) is 11.9 Å². The lowest BCUT2D eigenvalue weighted by Gasteiger charge is -2.35. The molecule has 6 nitrogen and oxygen atoms in total. The van der Waals surface area contributed by atoms with E-state index in [-0.39, 0.29) is 23.8 Å². The van der Waals surface area contributed by atoms with E-state index < -0.39 is 0 Å². The molecule has 158 valence electrons. The first-order valence-electron chi connectivity index (χ1n) is 10.2. The molecule has 0 radical (unpaired) electrons. The van der Waals surface area contributed by atoms with Crippen LogP contribution in [0.25, 0.3) is 10.9 Å². The van der Waals surface area contributed by atoms with E-state index in [4.69, 9.17) is 16.0 Å². The molecule has 3 aromatic rings. The van der Waals surface area contributed by atoms with Crippen LogP contribution in [0.4, 0.5) is 0 Å². The van der Waals surface area contributed by atoms with E-state index in [0.717, 1.165) is 25.8 Å². The Kier molecular flexibility index (Phi) is 6.49. The minimum Gasteiger partial charge on any atom is -0.467 e. The van der Waals surface area contributed by atoms with Gasteiger partial charge in [-0.05, 0) is 56.0 Å². The number of carbonyl (C=O) groups is 1. The maximum Gasteiger partial charge on any atom is 0.262 e. The van der Waals surface area contributed by atoms with Crippen LogP contribution in [0.1, 0.15) is 38.4 Å². The molecule has 30 heavy (non-hydrogen) atoms. The first-order chi connectivity index (χ1) is 14.6. The van der Waals surface area contributed by atoms with Crippen molar-refractivity contribution in [1.82, 2.24) is 14.5 Å². The molecule has 4 rings (SSSR count). The summed E-state index contributed by atoms with van der Waals surface area (Å²) in [5.74, 6) is 0.992. The molecule has 1 aliphatic heterocycles. The second-order valence-electron chi connectivity index (χ2n) is 7.46. The molecule has 1 aliphatic rings. The number of hydrogen-bond acceptors (Lipinski definition) is 5. The van der Waals surface area contributed by atoms with Crippen molar-refractivity contribution < 1.29 is 9.21 Å². The van der Waals surface area contributed by atoms with Gasteiger partial charge in [-0.25, -0.2) is 4.98 Å². The molecule has 2 aromatic heterocycles. The standard InChI is InChI=1S/C22H24ClN3O3S/c1-2-16-6-3-4-10-25(16)20(27)14-30-22-24-19-12-15(23)8-9-18(19)21(28)26(22)13-17-7-5-11-29-17/h5,7-9,11-12,16H,2-4,6,10,13-14H2,1H3. The Hall–Kier alpha value is -2.25. The Bertz CT molecular complexity index is 1100. The number of furan rings is 1. The molecular weight excluding hydrogens is 422 g/mol. The number of amides is 1. The first kappa shape index (κ1) is 21.0. The van der Waals surface area contributed by atoms with Crippen molar-refractivity contribution >= 4 is 40.2 Å². The molecule has 1 aromatic carbocycles. The Balaban J connectivity index is 1.64. The van der Waals surface area contributed by atoms with E-state index in [9.17, 15) is 9.59 Å². The van der Waals surface area contributed by atoms with Gasteiger partial charge in [0.25, 0.3) is 5.56 Å². The third kappa shape index (κ3) is 4.42. The van der Waals surface area contributed by atoms with E-state index in [0.29, 0.717) is 32.9 Å². The predicted octanol–water partition coefficient (Wildman–Crippen LogP) is 4.57. The number of carbonyl (C=O) groups excluding carboxylic acids is 1. The number of fused-ring (bicyclic) bond motifs is 1. The van der Waals surface area contributed by atoms with Gasteiger partial charge in [-0.2, -0.15) is 0 Å². The van der Waals surface area contributed by atoms with E-state index in [1.165, 1.54) is 18.2 Å². The molecule has 1 fully saturated rings. The molecule has 0 saturated carbocycles. The number of rotatable bonds is 6. The van der Waals surface area contributed by atoms with Crippen molar-refractivity contribution in [3.8, 4) is 0 Å². The van der Waals surface area contributed by atoms with E-state index >= 15 is 0 Å². The summed E-state index contributed by atoms with van der Waals surface area (Å²) in [4.78, 5) is 32.7. The highest BCUT2D eigenvalue weighted by atomic mass is 35.5. The lowest BCUT2D eigenvalue weighted by molar-refractivity contribution is -0.132. The van der Waals surface area contributed by atoms with Gasteiger partial charge in [0.05, 0.1) is 29.5 Å². The Morgan fingerprint density at radius 2 is 2.20 bits per heavy atom. The fraction of sp³-hybridized carbons (Fsp3) is 0.409. The zero-order chi connectivity index (χ0) is 21.1. The fourth-order valence-electron chi connectivity index (χ4n) is 3.94. The highest BCUT2D eigenvalue weighted by molar-refractivity contribution is 7.99. The largest absolute Gasteiger partial charge is 0.467 e. The second kappa shape index (κ2) is 9.27. The number of halogens is 1. The normalized spacial score (nSPS) is 16.9. The Labute approximate surface area is 184 Å². The van der Waals surface area contributed by atoms with Crippen molar-refractivity contribution in [2.45, 2.75) is 50.4 Å². The average Bonchev–Trinajstić information content (AvgIpc) is 3.27. The van der Waals surface area contributed by atoms with Gasteiger partial charge in [-0.3, -0.25) is 14.2 Å². The molecule has 1 saturated heterocycles. The molecule has 0 aliphatic carbocycles. The highest BCUT2D eigenvalue weighted by Gasteiger charge is 2.25. The average molecular weight is 446 g/mol. The van der Waals surface area contributed by atoms with Gasteiger partial charge in [0, 0.05) is 17.6 Å². The predicted molar refractivity (Wildman–Crippen MR) is 119 cm³/mol. The molecule has 0 bridgehead atoms. The molecule has 1 atom stereocenters. The third-order valence-electron chi connectivity index (χ3n) is 5.52. The van der Waals surface area contributed by atoms with Gasteiger partial charge in [0.2, 0.25) is 5.91 Å². The van der Waals surface area contributed by atoms with Crippen LogP contribution in [0, 0.1) is 0 Å². The van der Waals surface area contributed by atoms with Crippen molar-refractivity contribution in [3.05, 3.63) is 57.7 Å². The smallest absolute Gasteiger partial charge is 0.262 e. The first-order valence-corrected chi connectivity index (χ1v) is 11.6. The van der Waals surface area contributed by atoms with Crippen LogP contribution < -0.4 is 5.56 Å². The van der Waals surface area contributed by atoms with E-state index in [1.807, 2.05) is 11.0 Å². The molecule has 0 spiro atoms. The zero-order valence-electron chi connectivity index (χ0n) is 16.8. The number of aromatic nitrogens is 2. The summed E-state index contributed by atoms with van der Waals surface area (Å²) >= 11 is 7.40. The minimum atomic E-state index is -0.174. The summed E-state index contributed by atoms with van der Waals surface area (Å²) in [6.07, 6.45) is 5.81. The van der Waals surface area contributed by atoms with Gasteiger partial charge in [0.15, 0.2) is 5.16 Å². The van der Waals surface area contributed by atoms with Gasteiger partial charge < -0.3 is 9.32 Å². The van der Waals surface area contributed by atoms with Crippen LogP contribution in [0.15, 0.2) is 51.0 Å². The summed E-state index contributed by atoms with van der Waals surface area (Å²) in [5.41, 5.74) is 0.356. The molecule has 1 amide bonds. The Morgan fingerprint density at radius 3 is 2.97 bits per heavy atom. The third-order valence-corrected chi connectivity index (χ3v) is 6.72. The number of nitrogens with zero attached hydrogens (tertiary/aromatic N) is 3. The molecule has 8 heteroatoms. The van der Waals surface area contributed by atoms with Crippen molar-refractivity contribution in [1.29, 1.82) is 0 Å². The van der Waals surface area contributed by atoms with Crippen LogP contribution in [0.3, 0.4) is 0 Å². The molecule has 0 N–H and O–H groups in total. The quantitative estimate of drug-likeness (QED) is 0.410. The van der Waals surface area contributed by atoms with Crippen molar-refractivity contribution in [2.24, 2.45) is 0 Å². The zero-order valence-corrected chi connectivity index (χ0v) is 18.4. The van der Waals surface area contributed by atoms with Crippen molar-refractivity contribution in [2.75, 3.05) is 12.3 Å². The minimum absolute atomic E-state index is 0.0940. The van der Waals surface area contributed by atoms with Gasteiger partial charge in [0.1, 0.15) is 5.76 Å². The number of likely N-dealkylation sites (tertiary alicyclic amines) is 1. The lowest BCUT2D eigenvalue weighted by atomic mass is 10.0. The van der Waals surface area contributed by atoms with Crippen LogP contribution in [0.2, 0.25) is 5.02 Å². The topological polar surface area (TPSA) is 68.3 Å². The number of hydrogen-bond donors (Lipinski definition) is 0. The van der Waals surface area contributed by atoms with Gasteiger partial charge in [-0.1, -0.05) is 30.3 Å². The monoisotopic (exact) mass is 445 g/mol. The molecule has 3 heterocycles. The van der Waals surface area contributed by atoms with Crippen LogP contribution in [0.5, 0.6) is 0 Å². The number of benzene rings is 1. The van der Waals surface area contributed by atoms with Crippen LogP contribution in [-0.2, 0) is 11.3 Å². The van der Waals surface area contributed by atoms with Crippen molar-refractivity contribution in [3.63, 3.8) is 0 Å². The molecule has 1 unspecified atom stereocenters. The maximum absolute atomic E-state index is 13.2. The summed E-state index contributed by atoms with van der Waals surface area (Å²) in [5, 5.41) is 1.50. The Morgan fingerprint density at radius 1 is 1.33 bits per heavy atom. The molecular formula is C22H24ClN3O3S. The summed E-state index contributed by atoms with van der Waals surface area (Å²) in [7, 11) is 0. The second-order valence-corrected chi connectivity index (χ2v) is 8.84. The summed E-state index contributed by atoms with van der Waals surface area (Å²) in [6.45, 7) is 3.19. The highest BCUT2D eigenvalue weighted by Crippen LogP contribution is 2.24.